The van der Waals surface area contributed by atoms with E-state index < -0.39 is 28.1 Å². The van der Waals surface area contributed by atoms with Crippen molar-refractivity contribution in [3.8, 4) is 0 Å². The maximum Gasteiger partial charge on any atom is 0.334 e. The van der Waals surface area contributed by atoms with Crippen molar-refractivity contribution in [2.75, 3.05) is 0 Å². The molecule has 0 aromatic carbocycles. The number of carbonyl (C=O) groups excluding carboxylic acids is 2. The molecule has 7 atom stereocenters. The highest BCUT2D eigenvalue weighted by atomic mass is 16.6. The molecular formula is C28H36O5. The van der Waals surface area contributed by atoms with Gasteiger partial charge in [0.15, 0.2) is 5.78 Å². The van der Waals surface area contributed by atoms with E-state index in [0.717, 1.165) is 30.4 Å². The molecule has 178 valence electrons. The Kier molecular flexibility index (Phi) is 4.85. The van der Waals surface area contributed by atoms with E-state index in [-0.39, 0.29) is 23.6 Å². The molecule has 0 spiro atoms. The van der Waals surface area contributed by atoms with Gasteiger partial charge in [0, 0.05) is 17.4 Å². The normalized spacial score (nSPS) is 44.3. The van der Waals surface area contributed by atoms with Crippen molar-refractivity contribution >= 4 is 11.8 Å². The van der Waals surface area contributed by atoms with Crippen LogP contribution in [0.15, 0.2) is 46.6 Å². The van der Waals surface area contributed by atoms with Crippen LogP contribution in [0.1, 0.15) is 73.1 Å². The topological polar surface area (TPSA) is 83.8 Å². The molecule has 1 unspecified atom stereocenters. The lowest BCUT2D eigenvalue weighted by atomic mass is 9.45. The van der Waals surface area contributed by atoms with E-state index >= 15 is 0 Å². The van der Waals surface area contributed by atoms with E-state index in [1.807, 2.05) is 19.1 Å². The molecule has 0 amide bonds. The van der Waals surface area contributed by atoms with E-state index in [9.17, 15) is 19.8 Å². The molecule has 4 aliphatic carbocycles. The van der Waals surface area contributed by atoms with Gasteiger partial charge < -0.3 is 14.9 Å². The molecule has 2 N–H and O–H groups in total. The van der Waals surface area contributed by atoms with E-state index in [1.54, 1.807) is 19.9 Å². The average molecular weight is 453 g/mol. The first-order valence-corrected chi connectivity index (χ1v) is 12.3. The number of ether oxygens (including phenoxy) is 1. The Morgan fingerprint density at radius 3 is 2.58 bits per heavy atom. The predicted molar refractivity (Wildman–Crippen MR) is 125 cm³/mol. The van der Waals surface area contributed by atoms with Gasteiger partial charge in [0.05, 0.1) is 11.0 Å². The monoisotopic (exact) mass is 452 g/mol. The quantitative estimate of drug-likeness (QED) is 0.481. The number of allylic oxidation sites excluding steroid dienone is 4. The summed E-state index contributed by atoms with van der Waals surface area (Å²) in [5.41, 5.74) is -0.143. The minimum absolute atomic E-state index is 0.0669. The first kappa shape index (κ1) is 22.8. The smallest absolute Gasteiger partial charge is 0.334 e. The summed E-state index contributed by atoms with van der Waals surface area (Å²) in [5, 5.41) is 24.1. The molecule has 1 heterocycles. The highest BCUT2D eigenvalue weighted by Gasteiger charge is 2.67. The van der Waals surface area contributed by atoms with Crippen LogP contribution in [0.25, 0.3) is 0 Å². The number of rotatable bonds is 2. The van der Waals surface area contributed by atoms with Gasteiger partial charge in [-0.05, 0) is 83.3 Å². The lowest BCUT2D eigenvalue weighted by Crippen LogP contribution is -2.63. The first-order chi connectivity index (χ1) is 15.4. The second-order valence-electron chi connectivity index (χ2n) is 11.6. The highest BCUT2D eigenvalue weighted by molar-refractivity contribution is 5.98. The van der Waals surface area contributed by atoms with Crippen LogP contribution in [0.4, 0.5) is 0 Å². The van der Waals surface area contributed by atoms with Gasteiger partial charge in [0.2, 0.25) is 0 Å². The predicted octanol–water partition coefficient (Wildman–Crippen LogP) is 4.35. The molecule has 5 rings (SSSR count). The summed E-state index contributed by atoms with van der Waals surface area (Å²) in [6, 6.07) is 0. The summed E-state index contributed by atoms with van der Waals surface area (Å²) in [6.07, 6.45) is 11.1. The van der Waals surface area contributed by atoms with Crippen LogP contribution in [0.2, 0.25) is 0 Å². The summed E-state index contributed by atoms with van der Waals surface area (Å²) in [7, 11) is 0. The summed E-state index contributed by atoms with van der Waals surface area (Å²) in [5.74, 6) is -0.228. The zero-order chi connectivity index (χ0) is 24.0. The van der Waals surface area contributed by atoms with Crippen molar-refractivity contribution in [2.24, 2.45) is 22.7 Å². The van der Waals surface area contributed by atoms with Crippen LogP contribution >= 0.6 is 0 Å². The molecule has 5 aliphatic rings. The minimum Gasteiger partial charge on any atom is -0.455 e. The number of fused-ring (bicyclic) bond motifs is 5. The van der Waals surface area contributed by atoms with Crippen LogP contribution in [0.3, 0.4) is 0 Å². The van der Waals surface area contributed by atoms with Gasteiger partial charge in [-0.15, -0.1) is 0 Å². The van der Waals surface area contributed by atoms with E-state index in [2.05, 4.69) is 19.9 Å². The number of aliphatic hydroxyl groups is 2. The van der Waals surface area contributed by atoms with Crippen LogP contribution in [-0.2, 0) is 14.3 Å². The molecule has 1 fully saturated rings. The standard InChI is InChI=1S/C28H36O5/c1-16-15-23(33-24(30)17(16)2)27(5,31)21-12-14-28(32)20-10-9-18-7-6-8-22(29)26(18,4)19(20)11-13-25(21,28)3/h6,8-9,12,19-20,23,31-32H,7,10-11,13-15H2,1-5H3/t19?,20-,23-,25-,26+,27-,28-/m1/s1. The average Bonchev–Trinajstić information content (AvgIpc) is 3.04. The fraction of sp³-hybridized carbons (Fsp3) is 0.643. The summed E-state index contributed by atoms with van der Waals surface area (Å²) >= 11 is 0. The Bertz CT molecular complexity index is 1060. The molecule has 5 nitrogen and oxygen atoms in total. The van der Waals surface area contributed by atoms with Crippen molar-refractivity contribution in [1.82, 2.24) is 0 Å². The molecule has 0 aromatic heterocycles. The molecular weight excluding hydrogens is 416 g/mol. The van der Waals surface area contributed by atoms with Crippen molar-refractivity contribution in [3.05, 3.63) is 46.6 Å². The zero-order valence-electron chi connectivity index (χ0n) is 20.4. The second-order valence-corrected chi connectivity index (χ2v) is 11.6. The van der Waals surface area contributed by atoms with Gasteiger partial charge in [-0.2, -0.15) is 0 Å². The fourth-order valence-corrected chi connectivity index (χ4v) is 7.82. The van der Waals surface area contributed by atoms with Crippen LogP contribution in [-0.4, -0.2) is 39.3 Å². The SMILES string of the molecule is CC1=C(C)C(=O)O[C@@H]([C@](C)(O)C2=CC[C@@]3(O)[C@@H]4CC=C5CC=CC(=O)[C@]5(C)C4CC[C@]23C)C1. The van der Waals surface area contributed by atoms with Crippen LogP contribution in [0, 0.1) is 22.7 Å². The van der Waals surface area contributed by atoms with Crippen molar-refractivity contribution in [1.29, 1.82) is 0 Å². The van der Waals surface area contributed by atoms with E-state index in [4.69, 9.17) is 4.74 Å². The Hall–Kier alpha value is -1.98. The molecule has 1 aliphatic heterocycles. The second kappa shape index (κ2) is 7.02. The fourth-order valence-electron chi connectivity index (χ4n) is 7.82. The van der Waals surface area contributed by atoms with E-state index in [0.29, 0.717) is 24.8 Å². The Morgan fingerprint density at radius 1 is 1.15 bits per heavy atom. The molecule has 0 aromatic rings. The number of hydrogen-bond acceptors (Lipinski definition) is 5. The third kappa shape index (κ3) is 2.78. The Balaban J connectivity index is 1.50. The maximum absolute atomic E-state index is 13.1. The van der Waals surface area contributed by atoms with Crippen molar-refractivity contribution in [3.63, 3.8) is 0 Å². The Labute approximate surface area is 196 Å². The van der Waals surface area contributed by atoms with E-state index in [1.165, 1.54) is 5.57 Å². The van der Waals surface area contributed by atoms with Crippen molar-refractivity contribution in [2.45, 2.75) is 90.4 Å². The summed E-state index contributed by atoms with van der Waals surface area (Å²) in [4.78, 5) is 25.5. The van der Waals surface area contributed by atoms with Crippen LogP contribution < -0.4 is 0 Å². The van der Waals surface area contributed by atoms with Gasteiger partial charge >= 0.3 is 5.97 Å². The minimum atomic E-state index is -1.38. The highest BCUT2D eigenvalue weighted by Crippen LogP contribution is 2.67. The third-order valence-corrected chi connectivity index (χ3v) is 10.2. The van der Waals surface area contributed by atoms with Crippen molar-refractivity contribution < 1.29 is 24.5 Å². The zero-order valence-corrected chi connectivity index (χ0v) is 20.4. The number of esters is 1. The number of hydrogen-bond donors (Lipinski definition) is 2. The Morgan fingerprint density at radius 2 is 1.88 bits per heavy atom. The molecule has 0 saturated heterocycles. The summed E-state index contributed by atoms with van der Waals surface area (Å²) in [6.45, 7) is 9.51. The molecule has 1 saturated carbocycles. The van der Waals surface area contributed by atoms with Gasteiger partial charge in [-0.1, -0.05) is 36.3 Å². The van der Waals surface area contributed by atoms with Gasteiger partial charge in [0.25, 0.3) is 0 Å². The summed E-state index contributed by atoms with van der Waals surface area (Å²) < 4.78 is 5.68. The maximum atomic E-state index is 13.1. The number of cyclic esters (lactones) is 1. The molecule has 0 bridgehead atoms. The lowest BCUT2D eigenvalue weighted by Gasteiger charge is -2.60. The third-order valence-electron chi connectivity index (χ3n) is 10.2. The first-order valence-electron chi connectivity index (χ1n) is 12.3. The largest absolute Gasteiger partial charge is 0.455 e. The van der Waals surface area contributed by atoms with Crippen LogP contribution in [0.5, 0.6) is 0 Å². The van der Waals surface area contributed by atoms with Gasteiger partial charge in [0.1, 0.15) is 11.7 Å². The lowest BCUT2D eigenvalue weighted by molar-refractivity contribution is -0.177. The van der Waals surface area contributed by atoms with Gasteiger partial charge in [-0.25, -0.2) is 4.79 Å². The molecule has 0 radical (unpaired) electrons. The molecule has 33 heavy (non-hydrogen) atoms. The number of carbonyl (C=O) groups is 2. The van der Waals surface area contributed by atoms with Gasteiger partial charge in [-0.3, -0.25) is 4.79 Å². The molecule has 5 heteroatoms. The number of ketones is 1.